The van der Waals surface area contributed by atoms with Gasteiger partial charge in [-0.3, -0.25) is 9.59 Å². The monoisotopic (exact) mass is 335 g/mol. The summed E-state index contributed by atoms with van der Waals surface area (Å²) in [5, 5.41) is 12.0. The number of carbonyl (C=O) groups is 2. The molecular weight excluding hydrogens is 306 g/mol. The van der Waals surface area contributed by atoms with Crippen LogP contribution in [0.2, 0.25) is 0 Å². The van der Waals surface area contributed by atoms with Gasteiger partial charge in [0, 0.05) is 5.69 Å². The van der Waals surface area contributed by atoms with Crippen LogP contribution < -0.4 is 5.32 Å². The summed E-state index contributed by atoms with van der Waals surface area (Å²) in [7, 11) is 0. The summed E-state index contributed by atoms with van der Waals surface area (Å²) < 4.78 is 5.63. The Morgan fingerprint density at radius 1 is 1.17 bits per heavy atom. The van der Waals surface area contributed by atoms with Gasteiger partial charge in [-0.15, -0.1) is 0 Å². The summed E-state index contributed by atoms with van der Waals surface area (Å²) in [5.41, 5.74) is 0.391. The highest BCUT2D eigenvalue weighted by Crippen LogP contribution is 2.24. The fourth-order valence-corrected chi connectivity index (χ4v) is 2.40. The second-order valence-electron chi connectivity index (χ2n) is 7.12. The molecule has 1 unspecified atom stereocenters. The maximum Gasteiger partial charge on any atom is 0.313 e. The fraction of sp³-hybridized carbons (Fsp3) is 0.579. The number of ether oxygens (including phenoxy) is 1. The Kier molecular flexibility index (Phi) is 7.42. The molecule has 1 aromatic carbocycles. The Hall–Kier alpha value is -1.88. The number of hydrogen-bond donors (Lipinski definition) is 2. The van der Waals surface area contributed by atoms with E-state index < -0.39 is 11.4 Å². The standard InChI is InChI=1S/C19H29NO4/c1-13(2)12-14(3)24-11-10-17(21)20-16-8-6-15(7-9-16)19(4,5)18(22)23/h6-9,13-14H,10-12H2,1-5H3,(H,20,21)(H,22,23). The molecule has 0 aromatic heterocycles. The number of hydrogen-bond acceptors (Lipinski definition) is 3. The number of carbonyl (C=O) groups excluding carboxylic acids is 1. The largest absolute Gasteiger partial charge is 0.481 e. The number of amides is 1. The Balaban J connectivity index is 2.47. The first-order valence-corrected chi connectivity index (χ1v) is 8.38. The normalized spacial score (nSPS) is 12.9. The Morgan fingerprint density at radius 3 is 2.25 bits per heavy atom. The predicted octanol–water partition coefficient (Wildman–Crippen LogP) is 3.83. The lowest BCUT2D eigenvalue weighted by molar-refractivity contribution is -0.142. The first-order valence-electron chi connectivity index (χ1n) is 8.38. The van der Waals surface area contributed by atoms with Gasteiger partial charge in [-0.05, 0) is 50.8 Å². The molecule has 0 saturated carbocycles. The van der Waals surface area contributed by atoms with Crippen LogP contribution in [0.5, 0.6) is 0 Å². The van der Waals surface area contributed by atoms with Crippen molar-refractivity contribution in [1.29, 1.82) is 0 Å². The van der Waals surface area contributed by atoms with E-state index in [0.29, 0.717) is 30.2 Å². The van der Waals surface area contributed by atoms with Crippen molar-refractivity contribution in [1.82, 2.24) is 0 Å². The lowest BCUT2D eigenvalue weighted by atomic mass is 9.85. The molecule has 24 heavy (non-hydrogen) atoms. The van der Waals surface area contributed by atoms with Crippen LogP contribution in [0.15, 0.2) is 24.3 Å². The zero-order chi connectivity index (χ0) is 18.3. The number of carboxylic acids is 1. The van der Waals surface area contributed by atoms with E-state index in [1.54, 1.807) is 38.1 Å². The van der Waals surface area contributed by atoms with Crippen LogP contribution in [-0.2, 0) is 19.7 Å². The molecule has 1 rings (SSSR count). The van der Waals surface area contributed by atoms with Crippen LogP contribution in [0.25, 0.3) is 0 Å². The second-order valence-corrected chi connectivity index (χ2v) is 7.12. The molecule has 5 heteroatoms. The average molecular weight is 335 g/mol. The summed E-state index contributed by atoms with van der Waals surface area (Å²) in [6, 6.07) is 6.90. The molecule has 1 atom stereocenters. The minimum atomic E-state index is -0.955. The van der Waals surface area contributed by atoms with Crippen molar-refractivity contribution < 1.29 is 19.4 Å². The van der Waals surface area contributed by atoms with Crippen LogP contribution in [0.4, 0.5) is 5.69 Å². The predicted molar refractivity (Wildman–Crippen MR) is 95.2 cm³/mol. The third kappa shape index (κ3) is 6.32. The first kappa shape index (κ1) is 20.2. The molecule has 2 N–H and O–H groups in total. The van der Waals surface area contributed by atoms with Crippen molar-refractivity contribution in [3.8, 4) is 0 Å². The number of benzene rings is 1. The molecule has 0 radical (unpaired) electrons. The lowest BCUT2D eigenvalue weighted by Crippen LogP contribution is -2.28. The van der Waals surface area contributed by atoms with Gasteiger partial charge < -0.3 is 15.2 Å². The maximum absolute atomic E-state index is 11.9. The Morgan fingerprint density at radius 2 is 1.75 bits per heavy atom. The molecule has 0 spiro atoms. The van der Waals surface area contributed by atoms with E-state index in [0.717, 1.165) is 6.42 Å². The van der Waals surface area contributed by atoms with E-state index in [4.69, 9.17) is 4.74 Å². The molecule has 1 aromatic rings. The van der Waals surface area contributed by atoms with Crippen molar-refractivity contribution in [2.75, 3.05) is 11.9 Å². The molecule has 0 aliphatic carbocycles. The van der Waals surface area contributed by atoms with E-state index in [1.165, 1.54) is 0 Å². The van der Waals surface area contributed by atoms with Gasteiger partial charge in [0.05, 0.1) is 24.5 Å². The molecule has 1 amide bonds. The summed E-state index contributed by atoms with van der Waals surface area (Å²) >= 11 is 0. The van der Waals surface area contributed by atoms with Crippen molar-refractivity contribution in [2.24, 2.45) is 5.92 Å². The van der Waals surface area contributed by atoms with E-state index >= 15 is 0 Å². The molecule has 5 nitrogen and oxygen atoms in total. The number of anilines is 1. The number of nitrogens with one attached hydrogen (secondary N) is 1. The number of rotatable bonds is 9. The summed E-state index contributed by atoms with van der Waals surface area (Å²) in [5.74, 6) is -0.425. The Bertz CT molecular complexity index is 549. The molecule has 0 aliphatic heterocycles. The highest BCUT2D eigenvalue weighted by Gasteiger charge is 2.29. The van der Waals surface area contributed by atoms with Crippen LogP contribution >= 0.6 is 0 Å². The third-order valence-electron chi connectivity index (χ3n) is 3.96. The molecular formula is C19H29NO4. The zero-order valence-corrected chi connectivity index (χ0v) is 15.3. The first-order chi connectivity index (χ1) is 11.1. The van der Waals surface area contributed by atoms with Gasteiger partial charge in [-0.25, -0.2) is 0 Å². The van der Waals surface area contributed by atoms with E-state index in [9.17, 15) is 14.7 Å². The average Bonchev–Trinajstić information content (AvgIpc) is 2.46. The molecule has 0 aliphatic rings. The smallest absolute Gasteiger partial charge is 0.313 e. The summed E-state index contributed by atoms with van der Waals surface area (Å²) in [4.78, 5) is 23.2. The SMILES string of the molecule is CC(C)CC(C)OCCC(=O)Nc1ccc(C(C)(C)C(=O)O)cc1. The molecule has 0 fully saturated rings. The minimum Gasteiger partial charge on any atom is -0.481 e. The molecule has 0 saturated heterocycles. The van der Waals surface area contributed by atoms with Crippen molar-refractivity contribution >= 4 is 17.6 Å². The van der Waals surface area contributed by atoms with E-state index in [2.05, 4.69) is 19.2 Å². The van der Waals surface area contributed by atoms with Gasteiger partial charge in [-0.1, -0.05) is 26.0 Å². The minimum absolute atomic E-state index is 0.114. The Labute approximate surface area is 144 Å². The van der Waals surface area contributed by atoms with E-state index in [-0.39, 0.29) is 12.0 Å². The van der Waals surface area contributed by atoms with Gasteiger partial charge in [0.1, 0.15) is 0 Å². The second kappa shape index (κ2) is 8.83. The third-order valence-corrected chi connectivity index (χ3v) is 3.96. The molecule has 134 valence electrons. The van der Waals surface area contributed by atoms with Crippen LogP contribution in [-0.4, -0.2) is 29.7 Å². The summed E-state index contributed by atoms with van der Waals surface area (Å²) in [6.07, 6.45) is 1.42. The van der Waals surface area contributed by atoms with E-state index in [1.807, 2.05) is 6.92 Å². The topological polar surface area (TPSA) is 75.6 Å². The molecule has 0 heterocycles. The van der Waals surface area contributed by atoms with Gasteiger partial charge in [0.15, 0.2) is 0 Å². The number of aliphatic carboxylic acids is 1. The van der Waals surface area contributed by atoms with Gasteiger partial charge in [0.2, 0.25) is 5.91 Å². The molecule has 0 bridgehead atoms. The van der Waals surface area contributed by atoms with Crippen LogP contribution in [0.1, 0.15) is 53.0 Å². The maximum atomic E-state index is 11.9. The van der Waals surface area contributed by atoms with Crippen molar-refractivity contribution in [3.05, 3.63) is 29.8 Å². The van der Waals surface area contributed by atoms with Gasteiger partial charge in [-0.2, -0.15) is 0 Å². The van der Waals surface area contributed by atoms with Crippen LogP contribution in [0, 0.1) is 5.92 Å². The zero-order valence-electron chi connectivity index (χ0n) is 15.3. The van der Waals surface area contributed by atoms with Gasteiger partial charge in [0.25, 0.3) is 0 Å². The van der Waals surface area contributed by atoms with Crippen molar-refractivity contribution in [2.45, 2.75) is 59.0 Å². The van der Waals surface area contributed by atoms with Crippen molar-refractivity contribution in [3.63, 3.8) is 0 Å². The highest BCUT2D eigenvalue weighted by atomic mass is 16.5. The highest BCUT2D eigenvalue weighted by molar-refractivity contribution is 5.91. The quantitative estimate of drug-likeness (QED) is 0.719. The van der Waals surface area contributed by atoms with Crippen LogP contribution in [0.3, 0.4) is 0 Å². The number of carboxylic acid groups (broad SMARTS) is 1. The summed E-state index contributed by atoms with van der Waals surface area (Å²) in [6.45, 7) is 9.99. The lowest BCUT2D eigenvalue weighted by Gasteiger charge is -2.20. The van der Waals surface area contributed by atoms with Gasteiger partial charge >= 0.3 is 5.97 Å². The fourth-order valence-electron chi connectivity index (χ4n) is 2.40.